The van der Waals surface area contributed by atoms with E-state index in [1.165, 1.54) is 35.4 Å². The van der Waals surface area contributed by atoms with Crippen LogP contribution < -0.4 is 15.4 Å². The molecule has 32 heavy (non-hydrogen) atoms. The van der Waals surface area contributed by atoms with Crippen LogP contribution in [0.5, 0.6) is 11.5 Å². The Labute approximate surface area is 202 Å². The molecule has 0 fully saturated rings. The lowest BCUT2D eigenvalue weighted by Gasteiger charge is -2.07. The van der Waals surface area contributed by atoms with E-state index in [1.54, 1.807) is 0 Å². The van der Waals surface area contributed by atoms with Crippen molar-refractivity contribution in [1.29, 1.82) is 0 Å². The molecule has 1 amide bonds. The van der Waals surface area contributed by atoms with E-state index in [0.717, 1.165) is 17.2 Å². The smallest absolute Gasteiger partial charge is 0.236 e. The number of carbonyl (C=O) groups excluding carboxylic acids is 1. The molecule has 0 radical (unpaired) electrons. The van der Waals surface area contributed by atoms with E-state index in [1.807, 2.05) is 54.6 Å². The molecule has 11 heteroatoms. The Morgan fingerprint density at radius 2 is 1.78 bits per heavy atom. The fourth-order valence-corrected chi connectivity index (χ4v) is 4.47. The number of halogens is 2. The molecule has 0 saturated heterocycles. The monoisotopic (exact) mass is 503 g/mol. The molecule has 162 valence electrons. The van der Waals surface area contributed by atoms with E-state index in [2.05, 4.69) is 25.8 Å². The molecule has 2 aromatic heterocycles. The molecule has 0 aliphatic rings. The summed E-state index contributed by atoms with van der Waals surface area (Å²) in [5.41, 5.74) is 0.847. The fourth-order valence-electron chi connectivity index (χ4n) is 2.47. The number of aromatic nitrogens is 3. The number of benzene rings is 2. The van der Waals surface area contributed by atoms with E-state index in [0.29, 0.717) is 14.5 Å². The summed E-state index contributed by atoms with van der Waals surface area (Å²) >= 11 is 14.4. The first-order valence-corrected chi connectivity index (χ1v) is 11.8. The highest BCUT2D eigenvalue weighted by Crippen LogP contribution is 2.29. The van der Waals surface area contributed by atoms with Crippen LogP contribution in [0.2, 0.25) is 10.0 Å². The summed E-state index contributed by atoms with van der Waals surface area (Å²) in [7, 11) is 0. The lowest BCUT2D eigenvalue weighted by Crippen LogP contribution is -2.15. The molecule has 2 heterocycles. The minimum Gasteiger partial charge on any atom is -0.457 e. The highest BCUT2D eigenvalue weighted by atomic mass is 35.5. The molecule has 2 N–H and O–H groups in total. The summed E-state index contributed by atoms with van der Waals surface area (Å²) in [5, 5.41) is 15.3. The third kappa shape index (κ3) is 6.33. The number of anilines is 3. The number of para-hydroxylation sites is 1. The predicted molar refractivity (Wildman–Crippen MR) is 130 cm³/mol. The molecule has 0 atom stereocenters. The molecule has 0 bridgehead atoms. The lowest BCUT2D eigenvalue weighted by molar-refractivity contribution is -0.113. The maximum Gasteiger partial charge on any atom is 0.236 e. The predicted octanol–water partition coefficient (Wildman–Crippen LogP) is 6.51. The van der Waals surface area contributed by atoms with Crippen LogP contribution in [0.25, 0.3) is 0 Å². The van der Waals surface area contributed by atoms with Crippen LogP contribution in [0.3, 0.4) is 0 Å². The standard InChI is InChI=1S/C21H15Cl2N5O2S2/c22-13-10-17(23)19(24-11-13)26-18(29)12-31-21-28-27-20(32-21)25-14-6-8-16(9-7-14)30-15-4-2-1-3-5-15/h1-11H,12H2,(H,25,27)(H,24,26,29). The number of rotatable bonds is 8. The van der Waals surface area contributed by atoms with Crippen LogP contribution in [-0.2, 0) is 4.79 Å². The third-order valence-electron chi connectivity index (χ3n) is 3.88. The Hall–Kier alpha value is -2.85. The van der Waals surface area contributed by atoms with Crippen molar-refractivity contribution in [3.63, 3.8) is 0 Å². The summed E-state index contributed by atoms with van der Waals surface area (Å²) in [5.74, 6) is 1.65. The third-order valence-corrected chi connectivity index (χ3v) is 6.35. The van der Waals surface area contributed by atoms with Gasteiger partial charge in [0.25, 0.3) is 0 Å². The molecule has 2 aromatic carbocycles. The molecule has 4 rings (SSSR count). The molecule has 0 spiro atoms. The second-order valence-corrected chi connectivity index (χ2v) is 9.30. The number of nitrogens with one attached hydrogen (secondary N) is 2. The number of hydrogen-bond acceptors (Lipinski definition) is 8. The molecule has 7 nitrogen and oxygen atoms in total. The van der Waals surface area contributed by atoms with Crippen molar-refractivity contribution in [2.75, 3.05) is 16.4 Å². The highest BCUT2D eigenvalue weighted by molar-refractivity contribution is 8.01. The largest absolute Gasteiger partial charge is 0.457 e. The fraction of sp³-hybridized carbons (Fsp3) is 0.0476. The molecule has 0 aliphatic heterocycles. The molecule has 0 aliphatic carbocycles. The second-order valence-electron chi connectivity index (χ2n) is 6.26. The lowest BCUT2D eigenvalue weighted by atomic mass is 10.3. The number of nitrogens with zero attached hydrogens (tertiary/aromatic N) is 3. The van der Waals surface area contributed by atoms with E-state index >= 15 is 0 Å². The van der Waals surface area contributed by atoms with E-state index < -0.39 is 0 Å². The number of ether oxygens (including phenoxy) is 1. The molecule has 0 unspecified atom stereocenters. The van der Waals surface area contributed by atoms with Gasteiger partial charge in [0, 0.05) is 11.9 Å². The van der Waals surface area contributed by atoms with Gasteiger partial charge < -0.3 is 15.4 Å². The quantitative estimate of drug-likeness (QED) is 0.265. The van der Waals surface area contributed by atoms with Crippen molar-refractivity contribution in [3.05, 3.63) is 76.9 Å². The Morgan fingerprint density at radius 3 is 2.53 bits per heavy atom. The maximum absolute atomic E-state index is 12.1. The number of pyridine rings is 1. The molecular weight excluding hydrogens is 489 g/mol. The Balaban J connectivity index is 1.27. The Bertz CT molecular complexity index is 1210. The average molecular weight is 504 g/mol. The number of hydrogen-bond donors (Lipinski definition) is 2. The number of amides is 1. The Kier molecular flexibility index (Phi) is 7.43. The van der Waals surface area contributed by atoms with Gasteiger partial charge >= 0.3 is 0 Å². The summed E-state index contributed by atoms with van der Waals surface area (Å²) in [6.07, 6.45) is 1.42. The maximum atomic E-state index is 12.1. The first-order chi connectivity index (χ1) is 15.5. The van der Waals surface area contributed by atoms with Crippen molar-refractivity contribution in [3.8, 4) is 11.5 Å². The first-order valence-electron chi connectivity index (χ1n) is 9.22. The number of thioether (sulfide) groups is 1. The van der Waals surface area contributed by atoms with E-state index in [-0.39, 0.29) is 22.5 Å². The highest BCUT2D eigenvalue weighted by Gasteiger charge is 2.11. The van der Waals surface area contributed by atoms with Gasteiger partial charge in [-0.3, -0.25) is 4.79 Å². The van der Waals surface area contributed by atoms with Gasteiger partial charge in [-0.2, -0.15) is 0 Å². The summed E-state index contributed by atoms with van der Waals surface area (Å²) in [6.45, 7) is 0. The number of carbonyl (C=O) groups is 1. The Morgan fingerprint density at radius 1 is 1.03 bits per heavy atom. The van der Waals surface area contributed by atoms with Gasteiger partial charge in [0.1, 0.15) is 11.5 Å². The van der Waals surface area contributed by atoms with Crippen LogP contribution in [0.4, 0.5) is 16.6 Å². The molecule has 0 saturated carbocycles. The van der Waals surface area contributed by atoms with Crippen LogP contribution in [0.1, 0.15) is 0 Å². The zero-order valence-electron chi connectivity index (χ0n) is 16.3. The minimum absolute atomic E-state index is 0.140. The van der Waals surface area contributed by atoms with Crippen LogP contribution in [0.15, 0.2) is 71.2 Å². The van der Waals surface area contributed by atoms with Gasteiger partial charge in [0.05, 0.1) is 15.8 Å². The van der Waals surface area contributed by atoms with Gasteiger partial charge in [-0.1, -0.05) is 64.5 Å². The van der Waals surface area contributed by atoms with E-state index in [9.17, 15) is 4.79 Å². The van der Waals surface area contributed by atoms with E-state index in [4.69, 9.17) is 27.9 Å². The van der Waals surface area contributed by atoms with Gasteiger partial charge in [0.15, 0.2) is 10.2 Å². The molecular formula is C21H15Cl2N5O2S2. The first kappa shape index (κ1) is 22.3. The SMILES string of the molecule is O=C(CSc1nnc(Nc2ccc(Oc3ccccc3)cc2)s1)Nc1ncc(Cl)cc1Cl. The summed E-state index contributed by atoms with van der Waals surface area (Å²) in [4.78, 5) is 16.2. The van der Waals surface area contributed by atoms with Gasteiger partial charge in [-0.25, -0.2) is 4.98 Å². The van der Waals surface area contributed by atoms with Gasteiger partial charge in [-0.05, 0) is 42.5 Å². The average Bonchev–Trinajstić information content (AvgIpc) is 3.24. The topological polar surface area (TPSA) is 89.0 Å². The second kappa shape index (κ2) is 10.6. The minimum atomic E-state index is -0.259. The van der Waals surface area contributed by atoms with Gasteiger partial charge in [-0.15, -0.1) is 10.2 Å². The van der Waals surface area contributed by atoms with Crippen molar-refractivity contribution in [2.45, 2.75) is 4.34 Å². The normalized spacial score (nSPS) is 10.6. The van der Waals surface area contributed by atoms with Crippen LogP contribution in [-0.4, -0.2) is 26.8 Å². The summed E-state index contributed by atoms with van der Waals surface area (Å²) in [6, 6.07) is 18.6. The van der Waals surface area contributed by atoms with Crippen molar-refractivity contribution in [1.82, 2.24) is 15.2 Å². The van der Waals surface area contributed by atoms with Crippen molar-refractivity contribution < 1.29 is 9.53 Å². The van der Waals surface area contributed by atoms with Crippen LogP contribution in [0, 0.1) is 0 Å². The van der Waals surface area contributed by atoms with Crippen molar-refractivity contribution >= 4 is 68.8 Å². The van der Waals surface area contributed by atoms with Gasteiger partial charge in [0.2, 0.25) is 11.0 Å². The van der Waals surface area contributed by atoms with Crippen LogP contribution >= 0.6 is 46.3 Å². The zero-order chi connectivity index (χ0) is 22.3. The van der Waals surface area contributed by atoms with Crippen molar-refractivity contribution in [2.24, 2.45) is 0 Å². The zero-order valence-corrected chi connectivity index (χ0v) is 19.4. The summed E-state index contributed by atoms with van der Waals surface area (Å²) < 4.78 is 6.44. The molecule has 4 aromatic rings.